The van der Waals surface area contributed by atoms with Crippen molar-refractivity contribution in [2.24, 2.45) is 5.73 Å². The molecule has 0 aliphatic heterocycles. The monoisotopic (exact) mass is 240 g/mol. The molecule has 1 aromatic carbocycles. The Hall–Kier alpha value is -1.46. The van der Waals surface area contributed by atoms with Crippen LogP contribution in [0.15, 0.2) is 18.2 Å². The fourth-order valence-electron chi connectivity index (χ4n) is 1.59. The van der Waals surface area contributed by atoms with Crippen LogP contribution in [0.1, 0.15) is 0 Å². The Bertz CT molecular complexity index is 358. The van der Waals surface area contributed by atoms with Crippen LogP contribution < -0.4 is 20.1 Å². The third-order valence-electron chi connectivity index (χ3n) is 2.55. The molecule has 3 N–H and O–H groups in total. The topological polar surface area (TPSA) is 68.0 Å². The van der Waals surface area contributed by atoms with Crippen molar-refractivity contribution in [3.8, 4) is 11.5 Å². The molecule has 0 aliphatic rings. The Morgan fingerprint density at radius 2 is 2.06 bits per heavy atom. The molecule has 0 fully saturated rings. The average molecular weight is 240 g/mol. The van der Waals surface area contributed by atoms with Crippen LogP contribution >= 0.6 is 0 Å². The lowest BCUT2D eigenvalue weighted by Crippen LogP contribution is -2.34. The van der Waals surface area contributed by atoms with Gasteiger partial charge in [-0.2, -0.15) is 0 Å². The van der Waals surface area contributed by atoms with E-state index in [1.165, 1.54) is 0 Å². The zero-order valence-electron chi connectivity index (χ0n) is 10.5. The van der Waals surface area contributed by atoms with Crippen molar-refractivity contribution < 1.29 is 14.6 Å². The second-order valence-electron chi connectivity index (χ2n) is 3.81. The smallest absolute Gasteiger partial charge is 0.145 e. The Kier molecular flexibility index (Phi) is 5.06. The molecule has 0 aliphatic carbocycles. The van der Waals surface area contributed by atoms with E-state index in [-0.39, 0.29) is 6.54 Å². The van der Waals surface area contributed by atoms with Crippen LogP contribution in [0.3, 0.4) is 0 Å². The highest BCUT2D eigenvalue weighted by molar-refractivity contribution is 5.60. The van der Waals surface area contributed by atoms with E-state index >= 15 is 0 Å². The lowest BCUT2D eigenvalue weighted by molar-refractivity contribution is 0.189. The maximum absolute atomic E-state index is 9.52. The number of nitrogens with two attached hydrogens (primary N) is 1. The predicted octanol–water partition coefficient (Wildman–Crippen LogP) is 0.460. The predicted molar refractivity (Wildman–Crippen MR) is 67.9 cm³/mol. The van der Waals surface area contributed by atoms with Crippen molar-refractivity contribution in [3.05, 3.63) is 18.2 Å². The SMILES string of the molecule is COc1ccc(N(C)CC(O)CN)c(OC)c1. The van der Waals surface area contributed by atoms with Gasteiger partial charge in [0.25, 0.3) is 0 Å². The fraction of sp³-hybridized carbons (Fsp3) is 0.500. The minimum absolute atomic E-state index is 0.239. The van der Waals surface area contributed by atoms with Gasteiger partial charge in [0.15, 0.2) is 0 Å². The number of benzene rings is 1. The van der Waals surface area contributed by atoms with E-state index in [2.05, 4.69) is 0 Å². The van der Waals surface area contributed by atoms with Crippen LogP contribution in [0.25, 0.3) is 0 Å². The number of anilines is 1. The van der Waals surface area contributed by atoms with Gasteiger partial charge >= 0.3 is 0 Å². The lowest BCUT2D eigenvalue weighted by atomic mass is 10.2. The molecule has 0 saturated heterocycles. The summed E-state index contributed by atoms with van der Waals surface area (Å²) in [5.41, 5.74) is 6.28. The van der Waals surface area contributed by atoms with Crippen molar-refractivity contribution >= 4 is 5.69 Å². The third-order valence-corrected chi connectivity index (χ3v) is 2.55. The number of likely N-dealkylation sites (N-methyl/N-ethyl adjacent to an activating group) is 1. The van der Waals surface area contributed by atoms with Gasteiger partial charge in [0.1, 0.15) is 11.5 Å². The highest BCUT2D eigenvalue weighted by atomic mass is 16.5. The lowest BCUT2D eigenvalue weighted by Gasteiger charge is -2.24. The first kappa shape index (κ1) is 13.6. The van der Waals surface area contributed by atoms with Gasteiger partial charge < -0.3 is 25.2 Å². The van der Waals surface area contributed by atoms with Crippen LogP contribution in [0.4, 0.5) is 5.69 Å². The van der Waals surface area contributed by atoms with Crippen LogP contribution in [0.2, 0.25) is 0 Å². The first-order valence-electron chi connectivity index (χ1n) is 5.43. The summed E-state index contributed by atoms with van der Waals surface area (Å²) in [4.78, 5) is 1.90. The quantitative estimate of drug-likeness (QED) is 0.756. The molecule has 0 spiro atoms. The van der Waals surface area contributed by atoms with E-state index in [1.54, 1.807) is 20.3 Å². The van der Waals surface area contributed by atoms with E-state index in [9.17, 15) is 5.11 Å². The second-order valence-corrected chi connectivity index (χ2v) is 3.81. The minimum Gasteiger partial charge on any atom is -0.497 e. The van der Waals surface area contributed by atoms with Crippen molar-refractivity contribution in [1.29, 1.82) is 0 Å². The van der Waals surface area contributed by atoms with Crippen molar-refractivity contribution in [3.63, 3.8) is 0 Å². The van der Waals surface area contributed by atoms with E-state index < -0.39 is 6.10 Å². The standard InChI is InChI=1S/C12H20N2O3/c1-14(8-9(15)7-13)11-5-4-10(16-2)6-12(11)17-3/h4-6,9,15H,7-8,13H2,1-3H3. The van der Waals surface area contributed by atoms with E-state index in [0.717, 1.165) is 11.4 Å². The maximum Gasteiger partial charge on any atom is 0.145 e. The van der Waals surface area contributed by atoms with Gasteiger partial charge in [0.2, 0.25) is 0 Å². The van der Waals surface area contributed by atoms with Crippen molar-refractivity contribution in [2.45, 2.75) is 6.10 Å². The number of methoxy groups -OCH3 is 2. The fourth-order valence-corrected chi connectivity index (χ4v) is 1.59. The molecular formula is C12H20N2O3. The second kappa shape index (κ2) is 6.32. The zero-order valence-corrected chi connectivity index (χ0v) is 10.5. The molecule has 96 valence electrons. The summed E-state index contributed by atoms with van der Waals surface area (Å²) in [6.07, 6.45) is -0.549. The van der Waals surface area contributed by atoms with Gasteiger partial charge in [0.05, 0.1) is 26.0 Å². The van der Waals surface area contributed by atoms with Crippen LogP contribution in [-0.2, 0) is 0 Å². The molecular weight excluding hydrogens is 220 g/mol. The number of rotatable bonds is 6. The molecule has 1 rings (SSSR count). The summed E-state index contributed by atoms with van der Waals surface area (Å²) < 4.78 is 10.4. The Balaban J connectivity index is 2.88. The largest absolute Gasteiger partial charge is 0.497 e. The Labute approximate surface area is 102 Å². The summed E-state index contributed by atoms with van der Waals surface area (Å²) in [7, 11) is 5.09. The first-order valence-corrected chi connectivity index (χ1v) is 5.43. The van der Waals surface area contributed by atoms with E-state index in [4.69, 9.17) is 15.2 Å². The number of hydrogen-bond donors (Lipinski definition) is 2. The normalized spacial score (nSPS) is 12.1. The molecule has 1 aromatic rings. The summed E-state index contributed by atoms with van der Waals surface area (Å²) >= 11 is 0. The molecule has 0 aromatic heterocycles. The third kappa shape index (κ3) is 3.51. The Morgan fingerprint density at radius 3 is 2.59 bits per heavy atom. The molecule has 5 nitrogen and oxygen atoms in total. The van der Waals surface area contributed by atoms with Gasteiger partial charge in [-0.15, -0.1) is 0 Å². The van der Waals surface area contributed by atoms with Crippen LogP contribution in [0.5, 0.6) is 11.5 Å². The first-order chi connectivity index (χ1) is 8.12. The van der Waals surface area contributed by atoms with Gasteiger partial charge in [-0.25, -0.2) is 0 Å². The number of aliphatic hydroxyl groups is 1. The van der Waals surface area contributed by atoms with Crippen molar-refractivity contribution in [2.75, 3.05) is 39.3 Å². The highest BCUT2D eigenvalue weighted by Gasteiger charge is 2.12. The molecule has 0 radical (unpaired) electrons. The average Bonchev–Trinajstić information content (AvgIpc) is 2.37. The molecule has 17 heavy (non-hydrogen) atoms. The summed E-state index contributed by atoms with van der Waals surface area (Å²) in [6.45, 7) is 0.696. The molecule has 0 bridgehead atoms. The molecule has 5 heteroatoms. The summed E-state index contributed by atoms with van der Waals surface area (Å²) in [6, 6.07) is 5.55. The van der Waals surface area contributed by atoms with E-state index in [0.29, 0.717) is 12.3 Å². The number of aliphatic hydroxyl groups excluding tert-OH is 1. The van der Waals surface area contributed by atoms with Crippen LogP contribution in [-0.4, -0.2) is 45.6 Å². The highest BCUT2D eigenvalue weighted by Crippen LogP contribution is 2.31. The van der Waals surface area contributed by atoms with Crippen LogP contribution in [0, 0.1) is 0 Å². The summed E-state index contributed by atoms with van der Waals surface area (Å²) in [5.74, 6) is 1.44. The summed E-state index contributed by atoms with van der Waals surface area (Å²) in [5, 5.41) is 9.52. The van der Waals surface area contributed by atoms with Gasteiger partial charge in [0, 0.05) is 26.2 Å². The van der Waals surface area contributed by atoms with E-state index in [1.807, 2.05) is 24.1 Å². The van der Waals surface area contributed by atoms with Gasteiger partial charge in [-0.05, 0) is 12.1 Å². The number of nitrogens with zero attached hydrogens (tertiary/aromatic N) is 1. The number of hydrogen-bond acceptors (Lipinski definition) is 5. The van der Waals surface area contributed by atoms with Gasteiger partial charge in [-0.1, -0.05) is 0 Å². The maximum atomic E-state index is 9.52. The molecule has 1 unspecified atom stereocenters. The zero-order chi connectivity index (χ0) is 12.8. The molecule has 0 amide bonds. The number of ether oxygens (including phenoxy) is 2. The van der Waals surface area contributed by atoms with Gasteiger partial charge in [-0.3, -0.25) is 0 Å². The molecule has 1 atom stereocenters. The Morgan fingerprint density at radius 1 is 1.35 bits per heavy atom. The minimum atomic E-state index is -0.549. The van der Waals surface area contributed by atoms with Crippen molar-refractivity contribution in [1.82, 2.24) is 0 Å². The molecule has 0 heterocycles. The molecule has 0 saturated carbocycles.